The number of carbonyl (C=O) groups is 1. The smallest absolute Gasteiger partial charge is 0.364 e. The number of carboxylic acids is 1. The fraction of sp³-hybridized carbons (Fsp3) is 0.682. The second-order valence-corrected chi connectivity index (χ2v) is 7.35. The molecule has 0 heterocycles. The predicted molar refractivity (Wildman–Crippen MR) is 105 cm³/mol. The summed E-state index contributed by atoms with van der Waals surface area (Å²) in [5.41, 5.74) is 1.44. The molecule has 0 saturated carbocycles. The predicted octanol–water partition coefficient (Wildman–Crippen LogP) is 5.07. The molecule has 0 aromatic heterocycles. The van der Waals surface area contributed by atoms with Gasteiger partial charge in [-0.15, -0.1) is 0 Å². The van der Waals surface area contributed by atoms with Crippen LogP contribution in [0.4, 0.5) is 0 Å². The fourth-order valence-electron chi connectivity index (χ4n) is 3.22. The molecule has 3 N–H and O–H groups in total. The van der Waals surface area contributed by atoms with Crippen LogP contribution in [0.5, 0.6) is 0 Å². The van der Waals surface area contributed by atoms with Crippen LogP contribution in [0.2, 0.25) is 0 Å². The van der Waals surface area contributed by atoms with Gasteiger partial charge in [0.2, 0.25) is 0 Å². The Morgan fingerprint density at radius 2 is 1.12 bits per heavy atom. The van der Waals surface area contributed by atoms with Gasteiger partial charge in [-0.2, -0.15) is 0 Å². The molecule has 0 bridgehead atoms. The molecule has 0 aliphatic carbocycles. The van der Waals surface area contributed by atoms with Gasteiger partial charge >= 0.3 is 5.97 Å². The number of benzene rings is 1. The molecule has 0 spiro atoms. The maximum Gasteiger partial charge on any atom is 0.364 e. The normalized spacial score (nSPS) is 11.6. The highest BCUT2D eigenvalue weighted by molar-refractivity contribution is 5.74. The van der Waals surface area contributed by atoms with Crippen LogP contribution < -0.4 is 0 Å². The van der Waals surface area contributed by atoms with Crippen LogP contribution in [0.25, 0.3) is 0 Å². The van der Waals surface area contributed by atoms with Gasteiger partial charge in [-0.3, -0.25) is 0 Å². The molecule has 0 aliphatic heterocycles. The minimum atomic E-state index is -2.55. The zero-order valence-corrected chi connectivity index (χ0v) is 16.0. The van der Waals surface area contributed by atoms with Gasteiger partial charge in [0.1, 0.15) is 0 Å². The summed E-state index contributed by atoms with van der Waals surface area (Å²) in [4.78, 5) is 10.5. The highest BCUT2D eigenvalue weighted by Crippen LogP contribution is 2.16. The van der Waals surface area contributed by atoms with Crippen LogP contribution in [-0.4, -0.2) is 27.1 Å². The average Bonchev–Trinajstić information content (AvgIpc) is 2.62. The lowest BCUT2D eigenvalue weighted by Gasteiger charge is -2.15. The Kier molecular flexibility index (Phi) is 12.0. The van der Waals surface area contributed by atoms with E-state index in [2.05, 4.69) is 30.3 Å². The summed E-state index contributed by atoms with van der Waals surface area (Å²) in [6.07, 6.45) is 15.1. The van der Waals surface area contributed by atoms with Crippen molar-refractivity contribution in [2.75, 3.05) is 0 Å². The van der Waals surface area contributed by atoms with Crippen molar-refractivity contribution in [3.05, 3.63) is 35.9 Å². The van der Waals surface area contributed by atoms with Crippen molar-refractivity contribution in [2.45, 2.75) is 95.7 Å². The third kappa shape index (κ3) is 11.3. The molecule has 0 radical (unpaired) electrons. The number of hydrogen-bond donors (Lipinski definition) is 3. The highest BCUT2D eigenvalue weighted by atomic mass is 16.5. The van der Waals surface area contributed by atoms with Crippen LogP contribution in [0, 0.1) is 0 Å². The first-order chi connectivity index (χ1) is 12.5. The van der Waals surface area contributed by atoms with Gasteiger partial charge in [-0.25, -0.2) is 4.79 Å². The topological polar surface area (TPSA) is 77.8 Å². The van der Waals surface area contributed by atoms with Gasteiger partial charge in [-0.1, -0.05) is 94.5 Å². The lowest BCUT2D eigenvalue weighted by Crippen LogP contribution is -2.37. The van der Waals surface area contributed by atoms with Crippen molar-refractivity contribution in [3.63, 3.8) is 0 Å². The third-order valence-corrected chi connectivity index (χ3v) is 4.93. The molecule has 1 aromatic carbocycles. The minimum absolute atomic E-state index is 0.0907. The Balaban J connectivity index is 1.79. The van der Waals surface area contributed by atoms with Crippen molar-refractivity contribution in [2.24, 2.45) is 0 Å². The average molecular weight is 365 g/mol. The van der Waals surface area contributed by atoms with Crippen molar-refractivity contribution < 1.29 is 20.1 Å². The Hall–Kier alpha value is -1.39. The van der Waals surface area contributed by atoms with Crippen LogP contribution in [0.15, 0.2) is 30.3 Å². The first kappa shape index (κ1) is 22.7. The molecule has 0 fully saturated rings. The maximum atomic E-state index is 10.5. The summed E-state index contributed by atoms with van der Waals surface area (Å²) in [6.45, 7) is 0. The number of aryl methyl sites for hydroxylation is 1. The molecule has 1 rings (SSSR count). The summed E-state index contributed by atoms with van der Waals surface area (Å²) in [5.74, 6) is -4.11. The third-order valence-electron chi connectivity index (χ3n) is 4.93. The summed E-state index contributed by atoms with van der Waals surface area (Å²) in [6, 6.07) is 10.7. The van der Waals surface area contributed by atoms with Gasteiger partial charge in [0.15, 0.2) is 0 Å². The molecule has 0 unspecified atom stereocenters. The van der Waals surface area contributed by atoms with Crippen LogP contribution in [0.3, 0.4) is 0 Å². The quantitative estimate of drug-likeness (QED) is 0.283. The van der Waals surface area contributed by atoms with E-state index in [0.29, 0.717) is 6.42 Å². The van der Waals surface area contributed by atoms with E-state index < -0.39 is 11.8 Å². The molecular weight excluding hydrogens is 328 g/mol. The first-order valence-corrected chi connectivity index (χ1v) is 10.2. The zero-order valence-electron chi connectivity index (χ0n) is 16.0. The molecule has 0 amide bonds. The molecule has 0 aliphatic rings. The number of unbranched alkanes of at least 4 members (excludes halogenated alkanes) is 11. The summed E-state index contributed by atoms with van der Waals surface area (Å²) >= 11 is 0. The SMILES string of the molecule is O=C(O)C(O)(O)CCCCCCCCCCCCCCc1ccccc1. The summed E-state index contributed by atoms with van der Waals surface area (Å²) < 4.78 is 0. The Morgan fingerprint density at radius 1 is 0.692 bits per heavy atom. The van der Waals surface area contributed by atoms with Crippen molar-refractivity contribution in [1.82, 2.24) is 0 Å². The van der Waals surface area contributed by atoms with Crippen molar-refractivity contribution >= 4 is 5.97 Å². The lowest BCUT2D eigenvalue weighted by atomic mass is 10.0. The molecule has 148 valence electrons. The standard InChI is InChI=1S/C22H36O4/c23-21(24)22(25,26)19-15-10-8-6-4-2-1-3-5-7-9-12-16-20-17-13-11-14-18-20/h11,13-14,17-18,25-26H,1-10,12,15-16,19H2,(H,23,24). The largest absolute Gasteiger partial charge is 0.477 e. The number of aliphatic hydroxyl groups is 2. The number of aliphatic carboxylic acids is 1. The Labute approximate surface area is 158 Å². The van der Waals surface area contributed by atoms with Crippen molar-refractivity contribution in [3.8, 4) is 0 Å². The van der Waals surface area contributed by atoms with E-state index in [1.165, 1.54) is 63.4 Å². The van der Waals surface area contributed by atoms with E-state index in [1.54, 1.807) is 0 Å². The number of rotatable bonds is 16. The van der Waals surface area contributed by atoms with Gasteiger partial charge in [-0.05, 0) is 24.8 Å². The van der Waals surface area contributed by atoms with Gasteiger partial charge in [0, 0.05) is 6.42 Å². The molecular formula is C22H36O4. The highest BCUT2D eigenvalue weighted by Gasteiger charge is 2.31. The fourth-order valence-corrected chi connectivity index (χ4v) is 3.22. The Morgan fingerprint density at radius 3 is 1.58 bits per heavy atom. The van der Waals surface area contributed by atoms with Crippen LogP contribution >= 0.6 is 0 Å². The van der Waals surface area contributed by atoms with E-state index in [9.17, 15) is 15.0 Å². The van der Waals surface area contributed by atoms with Crippen LogP contribution in [-0.2, 0) is 11.2 Å². The summed E-state index contributed by atoms with van der Waals surface area (Å²) in [5, 5.41) is 27.0. The van der Waals surface area contributed by atoms with E-state index in [-0.39, 0.29) is 6.42 Å². The Bertz CT molecular complexity index is 470. The summed E-state index contributed by atoms with van der Waals surface area (Å²) in [7, 11) is 0. The molecule has 1 aromatic rings. The molecule has 4 nitrogen and oxygen atoms in total. The van der Waals surface area contributed by atoms with Gasteiger partial charge < -0.3 is 15.3 Å². The molecule has 26 heavy (non-hydrogen) atoms. The van der Waals surface area contributed by atoms with Gasteiger partial charge in [0.05, 0.1) is 0 Å². The lowest BCUT2D eigenvalue weighted by molar-refractivity contribution is -0.205. The van der Waals surface area contributed by atoms with E-state index in [4.69, 9.17) is 5.11 Å². The van der Waals surface area contributed by atoms with E-state index in [0.717, 1.165) is 19.3 Å². The molecule has 0 atom stereocenters. The molecule has 4 heteroatoms. The minimum Gasteiger partial charge on any atom is -0.477 e. The van der Waals surface area contributed by atoms with Gasteiger partial charge in [0.25, 0.3) is 5.79 Å². The van der Waals surface area contributed by atoms with E-state index in [1.807, 2.05) is 0 Å². The molecule has 0 saturated heterocycles. The number of carboxylic acid groups (broad SMARTS) is 1. The second kappa shape index (κ2) is 13.8. The van der Waals surface area contributed by atoms with Crippen LogP contribution in [0.1, 0.15) is 89.0 Å². The maximum absolute atomic E-state index is 10.5. The van der Waals surface area contributed by atoms with Crippen molar-refractivity contribution in [1.29, 1.82) is 0 Å². The number of hydrogen-bond acceptors (Lipinski definition) is 3. The second-order valence-electron chi connectivity index (χ2n) is 7.35. The zero-order chi connectivity index (χ0) is 19.1. The van der Waals surface area contributed by atoms with E-state index >= 15 is 0 Å². The monoisotopic (exact) mass is 364 g/mol. The first-order valence-electron chi connectivity index (χ1n) is 10.2.